The fraction of sp³-hybridized carbons (Fsp3) is 0.200. The zero-order valence-corrected chi connectivity index (χ0v) is 18.2. The monoisotopic (exact) mass is 441 g/mol. The molecule has 0 aliphatic carbocycles. The summed E-state index contributed by atoms with van der Waals surface area (Å²) in [6.07, 6.45) is 2.30. The summed E-state index contributed by atoms with van der Waals surface area (Å²) in [7, 11) is 0. The molecule has 0 spiro atoms. The predicted molar refractivity (Wildman–Crippen MR) is 119 cm³/mol. The number of carbonyl (C=O) groups is 1. The lowest BCUT2D eigenvalue weighted by Gasteiger charge is -2.05. The molecule has 0 radical (unpaired) electrons. The van der Waals surface area contributed by atoms with Crippen LogP contribution in [0, 0.1) is 6.92 Å². The van der Waals surface area contributed by atoms with Crippen molar-refractivity contribution in [2.24, 2.45) is 0 Å². The Morgan fingerprint density at radius 2 is 2.07 bits per heavy atom. The minimum absolute atomic E-state index is 0.0497. The molecular weight excluding hydrogens is 422 g/mol. The van der Waals surface area contributed by atoms with Gasteiger partial charge in [0.25, 0.3) is 5.91 Å². The van der Waals surface area contributed by atoms with Gasteiger partial charge in [0.05, 0.1) is 15.6 Å². The standard InChI is InChI=1S/C20H19N5OS3/c1-13-24-17(11-27-13)18-7-6-16(29-18)8-9-21-19(26)15-4-2-14(3-5-15)10-28-20-22-12-23-25-20/h2-7,11-12H,8-10H2,1H3,(H,21,26)(H,22,23,25). The number of hydrogen-bond donors (Lipinski definition) is 2. The van der Waals surface area contributed by atoms with Crippen LogP contribution in [0.2, 0.25) is 0 Å². The van der Waals surface area contributed by atoms with Gasteiger partial charge >= 0.3 is 0 Å². The molecule has 0 saturated heterocycles. The Kier molecular flexibility index (Phi) is 6.38. The largest absolute Gasteiger partial charge is 0.352 e. The van der Waals surface area contributed by atoms with E-state index in [1.165, 1.54) is 16.1 Å². The van der Waals surface area contributed by atoms with E-state index >= 15 is 0 Å². The number of nitrogens with zero attached hydrogens (tertiary/aromatic N) is 3. The van der Waals surface area contributed by atoms with Crippen LogP contribution < -0.4 is 5.32 Å². The second-order valence-electron chi connectivity index (χ2n) is 6.30. The minimum atomic E-state index is -0.0497. The molecule has 3 heterocycles. The van der Waals surface area contributed by atoms with Gasteiger partial charge in [0, 0.05) is 28.1 Å². The van der Waals surface area contributed by atoms with Crippen LogP contribution >= 0.6 is 34.4 Å². The highest BCUT2D eigenvalue weighted by atomic mass is 32.2. The van der Waals surface area contributed by atoms with Gasteiger partial charge < -0.3 is 5.32 Å². The molecule has 0 fully saturated rings. The summed E-state index contributed by atoms with van der Waals surface area (Å²) in [6.45, 7) is 2.62. The van der Waals surface area contributed by atoms with Gasteiger partial charge in [-0.2, -0.15) is 5.10 Å². The van der Waals surface area contributed by atoms with E-state index in [1.807, 2.05) is 31.2 Å². The summed E-state index contributed by atoms with van der Waals surface area (Å²) in [6, 6.07) is 11.9. The first-order valence-corrected chi connectivity index (χ1v) is 11.7. The smallest absolute Gasteiger partial charge is 0.251 e. The van der Waals surface area contributed by atoms with Crippen LogP contribution in [0.25, 0.3) is 10.6 Å². The summed E-state index contributed by atoms with van der Waals surface area (Å²) in [5.41, 5.74) is 2.84. The van der Waals surface area contributed by atoms with Crippen LogP contribution in [0.5, 0.6) is 0 Å². The van der Waals surface area contributed by atoms with E-state index in [0.29, 0.717) is 12.1 Å². The molecule has 29 heavy (non-hydrogen) atoms. The maximum Gasteiger partial charge on any atom is 0.251 e. The fourth-order valence-electron chi connectivity index (χ4n) is 2.70. The molecule has 148 valence electrons. The lowest BCUT2D eigenvalue weighted by molar-refractivity contribution is 0.0954. The first-order valence-electron chi connectivity index (χ1n) is 9.04. The molecule has 3 aromatic heterocycles. The third-order valence-electron chi connectivity index (χ3n) is 4.17. The number of benzene rings is 1. The molecule has 4 aromatic rings. The molecule has 9 heteroatoms. The Bertz CT molecular complexity index is 1070. The second-order valence-corrected chi connectivity index (χ2v) is 9.49. The van der Waals surface area contributed by atoms with Gasteiger partial charge in [-0.1, -0.05) is 23.9 Å². The minimum Gasteiger partial charge on any atom is -0.352 e. The summed E-state index contributed by atoms with van der Waals surface area (Å²) < 4.78 is 0. The van der Waals surface area contributed by atoms with Gasteiger partial charge in [0.2, 0.25) is 0 Å². The number of amides is 1. The zero-order valence-electron chi connectivity index (χ0n) is 15.7. The van der Waals surface area contributed by atoms with Crippen LogP contribution in [0.15, 0.2) is 53.3 Å². The number of aryl methyl sites for hydroxylation is 1. The molecule has 0 aliphatic heterocycles. The highest BCUT2D eigenvalue weighted by Crippen LogP contribution is 2.29. The maximum absolute atomic E-state index is 12.4. The molecule has 4 rings (SSSR count). The molecule has 0 bridgehead atoms. The van der Waals surface area contributed by atoms with E-state index < -0.39 is 0 Å². The van der Waals surface area contributed by atoms with E-state index in [2.05, 4.69) is 43.0 Å². The van der Waals surface area contributed by atoms with Crippen LogP contribution in [-0.4, -0.2) is 32.6 Å². The number of aromatic amines is 1. The molecule has 0 saturated carbocycles. The molecular formula is C20H19N5OS3. The number of thiophene rings is 1. The van der Waals surface area contributed by atoms with Crippen molar-refractivity contribution in [2.45, 2.75) is 24.3 Å². The van der Waals surface area contributed by atoms with Crippen molar-refractivity contribution >= 4 is 40.3 Å². The van der Waals surface area contributed by atoms with Gasteiger partial charge in [-0.05, 0) is 43.2 Å². The lowest BCUT2D eigenvalue weighted by atomic mass is 10.1. The first-order chi connectivity index (χ1) is 14.2. The van der Waals surface area contributed by atoms with Crippen molar-refractivity contribution in [3.05, 3.63) is 69.1 Å². The summed E-state index contributed by atoms with van der Waals surface area (Å²) in [5.74, 6) is 0.724. The van der Waals surface area contributed by atoms with Crippen molar-refractivity contribution in [2.75, 3.05) is 6.54 Å². The average molecular weight is 442 g/mol. The Labute approximate surface area is 180 Å². The van der Waals surface area contributed by atoms with E-state index in [0.717, 1.165) is 33.6 Å². The van der Waals surface area contributed by atoms with Crippen LogP contribution in [0.4, 0.5) is 0 Å². The topological polar surface area (TPSA) is 83.6 Å². The highest BCUT2D eigenvalue weighted by molar-refractivity contribution is 7.98. The Morgan fingerprint density at radius 3 is 2.79 bits per heavy atom. The van der Waals surface area contributed by atoms with Gasteiger partial charge in [-0.25, -0.2) is 9.97 Å². The number of H-pyrrole nitrogens is 1. The molecule has 1 amide bonds. The molecule has 0 atom stereocenters. The number of thiazole rings is 1. The average Bonchev–Trinajstić information content (AvgIpc) is 3.49. The number of rotatable bonds is 8. The molecule has 2 N–H and O–H groups in total. The Balaban J connectivity index is 1.25. The van der Waals surface area contributed by atoms with Crippen molar-refractivity contribution in [1.82, 2.24) is 25.5 Å². The molecule has 6 nitrogen and oxygen atoms in total. The normalized spacial score (nSPS) is 10.9. The third kappa shape index (κ3) is 5.31. The van der Waals surface area contributed by atoms with Crippen molar-refractivity contribution in [1.29, 1.82) is 0 Å². The van der Waals surface area contributed by atoms with Crippen LogP contribution in [0.1, 0.15) is 25.8 Å². The lowest BCUT2D eigenvalue weighted by Crippen LogP contribution is -2.25. The number of thioether (sulfide) groups is 1. The van der Waals surface area contributed by atoms with Gasteiger partial charge in [-0.15, -0.1) is 22.7 Å². The van der Waals surface area contributed by atoms with E-state index in [1.54, 1.807) is 34.4 Å². The number of nitrogens with one attached hydrogen (secondary N) is 2. The van der Waals surface area contributed by atoms with Gasteiger partial charge in [0.15, 0.2) is 5.16 Å². The van der Waals surface area contributed by atoms with E-state index in [4.69, 9.17) is 0 Å². The second kappa shape index (κ2) is 9.34. The van der Waals surface area contributed by atoms with Crippen molar-refractivity contribution in [3.63, 3.8) is 0 Å². The summed E-state index contributed by atoms with van der Waals surface area (Å²) in [5, 5.41) is 13.6. The molecule has 1 aromatic carbocycles. The van der Waals surface area contributed by atoms with E-state index in [9.17, 15) is 4.79 Å². The SMILES string of the molecule is Cc1nc(-c2ccc(CCNC(=O)c3ccc(CSc4ncn[nH]4)cc3)s2)cs1. The van der Waals surface area contributed by atoms with Gasteiger partial charge in [-0.3, -0.25) is 9.89 Å². The molecule has 0 aliphatic rings. The first kappa shape index (κ1) is 19.8. The quantitative estimate of drug-likeness (QED) is 0.392. The third-order valence-corrected chi connectivity index (χ3v) is 7.06. The highest BCUT2D eigenvalue weighted by Gasteiger charge is 2.08. The van der Waals surface area contributed by atoms with Crippen LogP contribution in [-0.2, 0) is 12.2 Å². The van der Waals surface area contributed by atoms with Crippen molar-refractivity contribution in [3.8, 4) is 10.6 Å². The number of aromatic nitrogens is 4. The summed E-state index contributed by atoms with van der Waals surface area (Å²) >= 11 is 4.97. The summed E-state index contributed by atoms with van der Waals surface area (Å²) in [4.78, 5) is 23.4. The van der Waals surface area contributed by atoms with Crippen molar-refractivity contribution < 1.29 is 4.79 Å². The number of hydrogen-bond acceptors (Lipinski definition) is 7. The Hall–Kier alpha value is -2.49. The zero-order chi connectivity index (χ0) is 20.1. The molecule has 0 unspecified atom stereocenters. The van der Waals surface area contributed by atoms with Gasteiger partial charge in [0.1, 0.15) is 6.33 Å². The fourth-order valence-corrected chi connectivity index (χ4v) is 5.09. The predicted octanol–water partition coefficient (Wildman–Crippen LogP) is 4.56. The van der Waals surface area contributed by atoms with Crippen LogP contribution in [0.3, 0.4) is 0 Å². The number of carbonyl (C=O) groups excluding carboxylic acids is 1. The maximum atomic E-state index is 12.4. The van der Waals surface area contributed by atoms with E-state index in [-0.39, 0.29) is 5.91 Å². The Morgan fingerprint density at radius 1 is 1.21 bits per heavy atom.